The molecule has 1 unspecified atom stereocenters. The van der Waals surface area contributed by atoms with Gasteiger partial charge in [0.1, 0.15) is 6.61 Å². The third-order valence-electron chi connectivity index (χ3n) is 4.40. The van der Waals surface area contributed by atoms with Gasteiger partial charge in [0.25, 0.3) is 6.43 Å². The zero-order valence-corrected chi connectivity index (χ0v) is 16.7. The number of hydroxylamine groups is 1. The van der Waals surface area contributed by atoms with Gasteiger partial charge in [0.05, 0.1) is 19.9 Å². The first-order valence-electron chi connectivity index (χ1n) is 8.88. The van der Waals surface area contributed by atoms with Crippen molar-refractivity contribution >= 4 is 11.7 Å². The second-order valence-electron chi connectivity index (χ2n) is 6.30. The number of esters is 1. The van der Waals surface area contributed by atoms with Gasteiger partial charge < -0.3 is 14.4 Å². The number of aryl methyl sites for hydroxylation is 1. The molecule has 0 spiro atoms. The summed E-state index contributed by atoms with van der Waals surface area (Å²) < 4.78 is 30.6. The highest BCUT2D eigenvalue weighted by Crippen LogP contribution is 2.24. The summed E-state index contributed by atoms with van der Waals surface area (Å²) in [6.07, 6.45) is -2.55. The maximum Gasteiger partial charge on any atom is 0.329 e. The molecule has 2 rings (SSSR count). The maximum atomic E-state index is 12.9. The first-order chi connectivity index (χ1) is 13.9. The molecule has 0 aliphatic carbocycles. The summed E-state index contributed by atoms with van der Waals surface area (Å²) in [4.78, 5) is 22.5. The number of ether oxygens (including phenoxy) is 1. The molecule has 1 N–H and O–H groups in total. The number of methoxy groups -OCH3 is 1. The van der Waals surface area contributed by atoms with Crippen LogP contribution in [0.25, 0.3) is 0 Å². The van der Waals surface area contributed by atoms with Crippen molar-refractivity contribution in [2.75, 3.05) is 14.2 Å². The fourth-order valence-electron chi connectivity index (χ4n) is 2.81. The number of carbonyl (C=O) groups is 1. The van der Waals surface area contributed by atoms with Gasteiger partial charge in [0.2, 0.25) is 0 Å². The van der Waals surface area contributed by atoms with Gasteiger partial charge in [-0.15, -0.1) is 0 Å². The number of benzene rings is 2. The van der Waals surface area contributed by atoms with E-state index in [1.165, 1.54) is 26.4 Å². The molecule has 29 heavy (non-hydrogen) atoms. The minimum absolute atomic E-state index is 0.0762. The highest BCUT2D eigenvalue weighted by Gasteiger charge is 2.25. The number of carbonyl (C=O) groups excluding carboxylic acids is 1. The molecule has 1 atom stereocenters. The number of halogens is 2. The fraction of sp³-hybridized carbons (Fsp3) is 0.333. The van der Waals surface area contributed by atoms with E-state index >= 15 is 0 Å². The van der Waals surface area contributed by atoms with E-state index in [1.807, 2.05) is 19.1 Å². The highest BCUT2D eigenvalue weighted by molar-refractivity contribution is 5.98. The molecule has 0 bridgehead atoms. The molecule has 0 saturated heterocycles. The van der Waals surface area contributed by atoms with Crippen LogP contribution in [0.3, 0.4) is 0 Å². The normalized spacial score (nSPS) is 12.7. The van der Waals surface area contributed by atoms with Gasteiger partial charge in [0, 0.05) is 11.1 Å². The van der Waals surface area contributed by atoms with Crippen LogP contribution in [0.5, 0.6) is 0 Å². The Bertz CT molecular complexity index is 872. The van der Waals surface area contributed by atoms with Gasteiger partial charge >= 0.3 is 5.97 Å². The minimum Gasteiger partial charge on any atom is -0.468 e. The van der Waals surface area contributed by atoms with Gasteiger partial charge in [-0.1, -0.05) is 41.6 Å². The molecule has 156 valence electrons. The summed E-state index contributed by atoms with van der Waals surface area (Å²) in [5, 5.41) is 4.05. The van der Waals surface area contributed by atoms with E-state index in [4.69, 9.17) is 14.4 Å². The van der Waals surface area contributed by atoms with Crippen molar-refractivity contribution in [3.05, 3.63) is 70.3 Å². The molecular weight excluding hydrogens is 382 g/mol. The molecule has 8 heteroatoms. The summed E-state index contributed by atoms with van der Waals surface area (Å²) in [5.74, 6) is -0.512. The lowest BCUT2D eigenvalue weighted by atomic mass is 9.97. The van der Waals surface area contributed by atoms with Gasteiger partial charge in [-0.2, -0.15) is 5.48 Å². The average Bonchev–Trinajstić information content (AvgIpc) is 2.72. The average molecular weight is 406 g/mol. The molecule has 6 nitrogen and oxygen atoms in total. The highest BCUT2D eigenvalue weighted by atomic mass is 19.3. The Morgan fingerprint density at radius 2 is 1.90 bits per heavy atom. The second-order valence-corrected chi connectivity index (χ2v) is 6.30. The molecule has 0 fully saturated rings. The molecule has 2 aromatic carbocycles. The molecule has 0 amide bonds. The Balaban J connectivity index is 2.23. The number of alkyl halides is 2. The predicted octanol–water partition coefficient (Wildman–Crippen LogP) is 4.24. The lowest BCUT2D eigenvalue weighted by molar-refractivity contribution is -0.147. The Morgan fingerprint density at radius 1 is 1.17 bits per heavy atom. The van der Waals surface area contributed by atoms with E-state index in [9.17, 15) is 13.6 Å². The van der Waals surface area contributed by atoms with Crippen molar-refractivity contribution in [2.45, 2.75) is 32.9 Å². The lowest BCUT2D eigenvalue weighted by Crippen LogP contribution is -2.30. The first-order valence-corrected chi connectivity index (χ1v) is 8.88. The quantitative estimate of drug-likeness (QED) is 0.383. The van der Waals surface area contributed by atoms with Crippen LogP contribution in [0, 0.1) is 6.92 Å². The molecule has 0 aliphatic rings. The standard InChI is InChI=1S/C21H24F2N2O4/c1-13-7-5-10-17(19(25-28-4)21(26)27-3)18(13)12-29-24-14(2)15-8-6-9-16(11-15)20(22)23/h5-11,19-20,25H,12H2,1-4H3/b24-14+. The van der Waals surface area contributed by atoms with E-state index in [1.54, 1.807) is 25.1 Å². The molecule has 0 saturated carbocycles. The molecule has 0 radical (unpaired) electrons. The molecule has 0 aromatic heterocycles. The largest absolute Gasteiger partial charge is 0.468 e. The SMILES string of the molecule is CONC(C(=O)OC)c1cccc(C)c1CO/N=C(\C)c1cccc(C(F)F)c1. The second kappa shape index (κ2) is 10.6. The molecule has 0 aliphatic heterocycles. The van der Waals surface area contributed by atoms with Crippen molar-refractivity contribution in [1.29, 1.82) is 0 Å². The topological polar surface area (TPSA) is 69.2 Å². The van der Waals surface area contributed by atoms with E-state index in [2.05, 4.69) is 10.6 Å². The maximum absolute atomic E-state index is 12.9. The Kier molecular flexibility index (Phi) is 8.23. The number of hydrogen-bond donors (Lipinski definition) is 1. The van der Waals surface area contributed by atoms with Crippen LogP contribution in [-0.2, 0) is 25.8 Å². The van der Waals surface area contributed by atoms with Crippen molar-refractivity contribution in [3.8, 4) is 0 Å². The smallest absolute Gasteiger partial charge is 0.329 e. The number of hydrogen-bond acceptors (Lipinski definition) is 6. The van der Waals surface area contributed by atoms with E-state index in [0.717, 1.165) is 11.1 Å². The van der Waals surface area contributed by atoms with Crippen molar-refractivity contribution in [2.24, 2.45) is 5.16 Å². The lowest BCUT2D eigenvalue weighted by Gasteiger charge is -2.19. The summed E-state index contributed by atoms with van der Waals surface area (Å²) >= 11 is 0. The fourth-order valence-corrected chi connectivity index (χ4v) is 2.81. The third-order valence-corrected chi connectivity index (χ3v) is 4.40. The number of oxime groups is 1. The van der Waals surface area contributed by atoms with Gasteiger partial charge in [-0.3, -0.25) is 0 Å². The molecule has 2 aromatic rings. The minimum atomic E-state index is -2.55. The Morgan fingerprint density at radius 3 is 2.55 bits per heavy atom. The monoisotopic (exact) mass is 406 g/mol. The van der Waals surface area contributed by atoms with Crippen LogP contribution >= 0.6 is 0 Å². The summed E-state index contributed by atoms with van der Waals surface area (Å²) in [6, 6.07) is 10.6. The number of nitrogens with zero attached hydrogens (tertiary/aromatic N) is 1. The van der Waals surface area contributed by atoms with Gasteiger partial charge in [-0.25, -0.2) is 13.6 Å². The van der Waals surface area contributed by atoms with Crippen LogP contribution in [0.4, 0.5) is 8.78 Å². The summed E-state index contributed by atoms with van der Waals surface area (Å²) in [6.45, 7) is 3.63. The Hall–Kier alpha value is -2.84. The van der Waals surface area contributed by atoms with Crippen molar-refractivity contribution in [3.63, 3.8) is 0 Å². The molecular formula is C21H24F2N2O4. The van der Waals surface area contributed by atoms with Crippen LogP contribution in [0.2, 0.25) is 0 Å². The van der Waals surface area contributed by atoms with Crippen LogP contribution < -0.4 is 5.48 Å². The zero-order chi connectivity index (χ0) is 21.4. The summed E-state index contributed by atoms with van der Waals surface area (Å²) in [7, 11) is 2.70. The number of rotatable bonds is 9. The van der Waals surface area contributed by atoms with Gasteiger partial charge in [-0.05, 0) is 36.6 Å². The van der Waals surface area contributed by atoms with E-state index < -0.39 is 18.4 Å². The van der Waals surface area contributed by atoms with Crippen LogP contribution in [0.1, 0.15) is 47.2 Å². The van der Waals surface area contributed by atoms with E-state index in [0.29, 0.717) is 16.8 Å². The third kappa shape index (κ3) is 5.82. The van der Waals surface area contributed by atoms with Crippen LogP contribution in [-0.4, -0.2) is 25.9 Å². The predicted molar refractivity (Wildman–Crippen MR) is 104 cm³/mol. The number of nitrogens with one attached hydrogen (secondary N) is 1. The zero-order valence-electron chi connectivity index (χ0n) is 16.7. The van der Waals surface area contributed by atoms with Crippen molar-refractivity contribution in [1.82, 2.24) is 5.48 Å². The first kappa shape index (κ1) is 22.4. The van der Waals surface area contributed by atoms with Gasteiger partial charge in [0.15, 0.2) is 6.04 Å². The molecule has 0 heterocycles. The van der Waals surface area contributed by atoms with Crippen LogP contribution in [0.15, 0.2) is 47.6 Å². The summed E-state index contributed by atoms with van der Waals surface area (Å²) in [5.41, 5.74) is 5.81. The van der Waals surface area contributed by atoms with E-state index in [-0.39, 0.29) is 12.2 Å². The Labute approximate surface area is 168 Å². The van der Waals surface area contributed by atoms with Crippen molar-refractivity contribution < 1.29 is 28.0 Å².